The van der Waals surface area contributed by atoms with Gasteiger partial charge in [-0.25, -0.2) is 18.1 Å². The molecule has 2 heterocycles. The SMILES string of the molecule is Cc1ccc(Cl)cc1S(=O)(=O)N1CC(N2C(=O)COC2=O)C1. The fraction of sp³-hybridized carbons (Fsp3) is 0.385. The molecule has 2 aliphatic heterocycles. The summed E-state index contributed by atoms with van der Waals surface area (Å²) in [5.41, 5.74) is 0.588. The number of halogens is 1. The molecule has 2 amide bonds. The highest BCUT2D eigenvalue weighted by Gasteiger charge is 2.47. The van der Waals surface area contributed by atoms with E-state index in [1.54, 1.807) is 19.1 Å². The number of rotatable bonds is 3. The van der Waals surface area contributed by atoms with E-state index in [1.807, 2.05) is 0 Å². The molecule has 2 saturated heterocycles. The zero-order valence-electron chi connectivity index (χ0n) is 11.7. The number of hydrogen-bond acceptors (Lipinski definition) is 5. The second-order valence-corrected chi connectivity index (χ2v) is 7.55. The van der Waals surface area contributed by atoms with E-state index in [4.69, 9.17) is 11.6 Å². The first-order valence-corrected chi connectivity index (χ1v) is 8.37. The Morgan fingerprint density at radius 1 is 1.27 bits per heavy atom. The zero-order chi connectivity index (χ0) is 16.1. The van der Waals surface area contributed by atoms with Crippen molar-refractivity contribution >= 4 is 33.6 Å². The van der Waals surface area contributed by atoms with Crippen molar-refractivity contribution in [2.24, 2.45) is 0 Å². The van der Waals surface area contributed by atoms with Crippen molar-refractivity contribution in [3.63, 3.8) is 0 Å². The van der Waals surface area contributed by atoms with Crippen LogP contribution in [0.3, 0.4) is 0 Å². The number of sulfonamides is 1. The van der Waals surface area contributed by atoms with Gasteiger partial charge in [0.25, 0.3) is 5.91 Å². The van der Waals surface area contributed by atoms with Crippen molar-refractivity contribution in [2.75, 3.05) is 19.7 Å². The van der Waals surface area contributed by atoms with Crippen LogP contribution >= 0.6 is 11.6 Å². The van der Waals surface area contributed by atoms with E-state index in [-0.39, 0.29) is 24.6 Å². The summed E-state index contributed by atoms with van der Waals surface area (Å²) in [7, 11) is -3.69. The normalized spacial score (nSPS) is 20.2. The third-order valence-corrected chi connectivity index (χ3v) is 5.96. The van der Waals surface area contributed by atoms with Gasteiger partial charge in [0.2, 0.25) is 10.0 Å². The molecule has 0 radical (unpaired) electrons. The third kappa shape index (κ3) is 2.37. The summed E-state index contributed by atoms with van der Waals surface area (Å²) in [5.74, 6) is -0.439. The van der Waals surface area contributed by atoms with Crippen LogP contribution in [0.25, 0.3) is 0 Å². The third-order valence-electron chi connectivity index (χ3n) is 3.75. The van der Waals surface area contributed by atoms with Crippen LogP contribution in [0.1, 0.15) is 5.56 Å². The largest absolute Gasteiger partial charge is 0.439 e. The van der Waals surface area contributed by atoms with Crippen LogP contribution in [0, 0.1) is 6.92 Å². The number of carbonyl (C=O) groups excluding carboxylic acids is 2. The minimum atomic E-state index is -3.69. The number of aryl methyl sites for hydroxylation is 1. The maximum atomic E-state index is 12.6. The number of imide groups is 1. The molecule has 118 valence electrons. The van der Waals surface area contributed by atoms with Gasteiger partial charge in [-0.05, 0) is 24.6 Å². The van der Waals surface area contributed by atoms with Crippen molar-refractivity contribution in [1.29, 1.82) is 0 Å². The lowest BCUT2D eigenvalue weighted by Gasteiger charge is -2.40. The molecule has 1 aromatic carbocycles. The smallest absolute Gasteiger partial charge is 0.417 e. The number of cyclic esters (lactones) is 1. The van der Waals surface area contributed by atoms with Gasteiger partial charge in [-0.1, -0.05) is 17.7 Å². The Hall–Kier alpha value is -1.64. The standard InChI is InChI=1S/C13H13ClN2O5S/c1-8-2-3-9(14)4-11(8)22(19,20)15-5-10(6-15)16-12(17)7-21-13(16)18/h2-4,10H,5-7H2,1H3. The summed E-state index contributed by atoms with van der Waals surface area (Å²) in [6.45, 7) is 1.53. The molecular weight excluding hydrogens is 332 g/mol. The molecule has 0 bridgehead atoms. The van der Waals surface area contributed by atoms with Crippen LogP contribution in [-0.4, -0.2) is 55.4 Å². The van der Waals surface area contributed by atoms with Crippen LogP contribution in [0.4, 0.5) is 4.79 Å². The van der Waals surface area contributed by atoms with Gasteiger partial charge in [0, 0.05) is 18.1 Å². The molecule has 1 aromatic rings. The molecule has 2 fully saturated rings. The molecule has 9 heteroatoms. The Bertz CT molecular complexity index is 742. The average molecular weight is 345 g/mol. The van der Waals surface area contributed by atoms with Gasteiger partial charge in [-0.15, -0.1) is 0 Å². The van der Waals surface area contributed by atoms with Crippen molar-refractivity contribution in [3.8, 4) is 0 Å². The molecule has 22 heavy (non-hydrogen) atoms. The Morgan fingerprint density at radius 2 is 1.95 bits per heavy atom. The molecular formula is C13H13ClN2O5S. The Labute approximate surface area is 132 Å². The van der Waals surface area contributed by atoms with E-state index in [0.717, 1.165) is 4.90 Å². The molecule has 7 nitrogen and oxygen atoms in total. The van der Waals surface area contributed by atoms with Crippen molar-refractivity contribution in [2.45, 2.75) is 17.9 Å². The molecule has 0 unspecified atom stereocenters. The number of nitrogens with zero attached hydrogens (tertiary/aromatic N) is 2. The first-order valence-electron chi connectivity index (χ1n) is 6.56. The van der Waals surface area contributed by atoms with E-state index < -0.39 is 28.1 Å². The number of amides is 2. The summed E-state index contributed by atoms with van der Waals surface area (Å²) in [6.07, 6.45) is -0.717. The molecule has 3 rings (SSSR count). The molecule has 0 saturated carbocycles. The maximum Gasteiger partial charge on any atom is 0.417 e. The van der Waals surface area contributed by atoms with Gasteiger partial charge in [0.15, 0.2) is 6.61 Å². The highest BCUT2D eigenvalue weighted by molar-refractivity contribution is 7.89. The number of carbonyl (C=O) groups is 2. The van der Waals surface area contributed by atoms with Crippen LogP contribution in [0.2, 0.25) is 5.02 Å². The molecule has 0 spiro atoms. The lowest BCUT2D eigenvalue weighted by Crippen LogP contribution is -2.62. The first-order chi connectivity index (χ1) is 10.3. The predicted octanol–water partition coefficient (Wildman–Crippen LogP) is 1.00. The molecule has 0 aromatic heterocycles. The first kappa shape index (κ1) is 15.3. The Morgan fingerprint density at radius 3 is 2.55 bits per heavy atom. The lowest BCUT2D eigenvalue weighted by molar-refractivity contribution is -0.128. The Balaban J connectivity index is 1.78. The fourth-order valence-corrected chi connectivity index (χ4v) is 4.49. The molecule has 0 N–H and O–H groups in total. The van der Waals surface area contributed by atoms with E-state index in [9.17, 15) is 18.0 Å². The highest BCUT2D eigenvalue weighted by Crippen LogP contribution is 2.29. The number of hydrogen-bond donors (Lipinski definition) is 0. The maximum absolute atomic E-state index is 12.6. The van der Waals surface area contributed by atoms with E-state index in [2.05, 4.69) is 4.74 Å². The fourth-order valence-electron chi connectivity index (χ4n) is 2.48. The topological polar surface area (TPSA) is 84.0 Å². The lowest BCUT2D eigenvalue weighted by atomic mass is 10.1. The van der Waals surface area contributed by atoms with E-state index in [1.165, 1.54) is 10.4 Å². The monoisotopic (exact) mass is 344 g/mol. The highest BCUT2D eigenvalue weighted by atomic mass is 35.5. The van der Waals surface area contributed by atoms with Crippen molar-refractivity contribution in [3.05, 3.63) is 28.8 Å². The molecule has 0 aliphatic carbocycles. The average Bonchev–Trinajstić information content (AvgIpc) is 2.71. The van der Waals surface area contributed by atoms with Gasteiger partial charge >= 0.3 is 6.09 Å². The van der Waals surface area contributed by atoms with Crippen molar-refractivity contribution in [1.82, 2.24) is 9.21 Å². The van der Waals surface area contributed by atoms with Crippen LogP contribution < -0.4 is 0 Å². The van der Waals surface area contributed by atoms with Gasteiger partial charge in [-0.3, -0.25) is 4.79 Å². The molecule has 2 aliphatic rings. The summed E-state index contributed by atoms with van der Waals surface area (Å²) >= 11 is 5.86. The predicted molar refractivity (Wildman–Crippen MR) is 76.9 cm³/mol. The zero-order valence-corrected chi connectivity index (χ0v) is 13.2. The second kappa shape index (κ2) is 5.22. The summed E-state index contributed by atoms with van der Waals surface area (Å²) in [4.78, 5) is 24.1. The van der Waals surface area contributed by atoms with Crippen LogP contribution in [0.15, 0.2) is 23.1 Å². The summed E-state index contributed by atoms with van der Waals surface area (Å²) < 4.78 is 31.0. The van der Waals surface area contributed by atoms with Gasteiger partial charge in [-0.2, -0.15) is 4.31 Å². The summed E-state index contributed by atoms with van der Waals surface area (Å²) in [5, 5.41) is 0.333. The second-order valence-electron chi connectivity index (χ2n) is 5.20. The number of benzene rings is 1. The molecule has 0 atom stereocenters. The minimum Gasteiger partial charge on any atom is -0.439 e. The van der Waals surface area contributed by atoms with Gasteiger partial charge < -0.3 is 4.74 Å². The van der Waals surface area contributed by atoms with E-state index >= 15 is 0 Å². The van der Waals surface area contributed by atoms with Gasteiger partial charge in [0.1, 0.15) is 0 Å². The minimum absolute atomic E-state index is 0.0646. The van der Waals surface area contributed by atoms with Crippen LogP contribution in [0.5, 0.6) is 0 Å². The van der Waals surface area contributed by atoms with Crippen LogP contribution in [-0.2, 0) is 19.6 Å². The summed E-state index contributed by atoms with van der Waals surface area (Å²) in [6, 6.07) is 4.17. The van der Waals surface area contributed by atoms with E-state index in [0.29, 0.717) is 10.6 Å². The quantitative estimate of drug-likeness (QED) is 0.816. The van der Waals surface area contributed by atoms with Gasteiger partial charge in [0.05, 0.1) is 10.9 Å². The number of ether oxygens (including phenoxy) is 1. The Kier molecular flexibility index (Phi) is 3.62. The van der Waals surface area contributed by atoms with Crippen molar-refractivity contribution < 1.29 is 22.7 Å².